The maximum Gasteiger partial charge on any atom is 0.261 e. The minimum atomic E-state index is -0.394. The molecule has 8 heteroatoms. The molecule has 0 saturated carbocycles. The minimum absolute atomic E-state index is 0.195. The minimum Gasteiger partial charge on any atom is -0.319 e. The Labute approximate surface area is 180 Å². The molecule has 2 aromatic carbocycles. The van der Waals surface area contributed by atoms with Crippen LogP contribution in [-0.2, 0) is 13.1 Å². The highest BCUT2D eigenvalue weighted by atomic mass is 16.2. The number of amides is 3. The van der Waals surface area contributed by atoms with Crippen LogP contribution in [0.5, 0.6) is 0 Å². The lowest BCUT2D eigenvalue weighted by molar-refractivity contribution is 0.0642. The number of aromatic nitrogens is 2. The van der Waals surface area contributed by atoms with Gasteiger partial charge in [-0.2, -0.15) is 5.10 Å². The zero-order chi connectivity index (χ0) is 22.0. The van der Waals surface area contributed by atoms with Crippen molar-refractivity contribution in [1.82, 2.24) is 19.6 Å². The molecule has 158 valence electrons. The summed E-state index contributed by atoms with van der Waals surface area (Å²) in [7, 11) is 3.96. The predicted octanol–water partition coefficient (Wildman–Crippen LogP) is 2.49. The highest BCUT2D eigenvalue weighted by Crippen LogP contribution is 2.26. The average Bonchev–Trinajstić information content (AvgIpc) is 3.31. The molecule has 1 aliphatic heterocycles. The van der Waals surface area contributed by atoms with Gasteiger partial charge in [0, 0.05) is 18.3 Å². The molecule has 0 atom stereocenters. The van der Waals surface area contributed by atoms with E-state index in [1.165, 1.54) is 17.0 Å². The highest BCUT2D eigenvalue weighted by molar-refractivity contribution is 6.22. The Morgan fingerprint density at radius 3 is 2.52 bits per heavy atom. The van der Waals surface area contributed by atoms with Gasteiger partial charge < -0.3 is 10.2 Å². The Balaban J connectivity index is 1.47. The number of benzene rings is 2. The van der Waals surface area contributed by atoms with Gasteiger partial charge in [-0.15, -0.1) is 0 Å². The number of nitrogens with zero attached hydrogens (tertiary/aromatic N) is 4. The van der Waals surface area contributed by atoms with Crippen LogP contribution in [0.1, 0.15) is 36.6 Å². The van der Waals surface area contributed by atoms with E-state index in [1.54, 1.807) is 23.1 Å². The molecule has 0 unspecified atom stereocenters. The summed E-state index contributed by atoms with van der Waals surface area (Å²) >= 11 is 0. The summed E-state index contributed by atoms with van der Waals surface area (Å²) in [6.07, 6.45) is 3.34. The maximum absolute atomic E-state index is 12.8. The molecule has 4 rings (SSSR count). The first kappa shape index (κ1) is 20.5. The van der Waals surface area contributed by atoms with Crippen LogP contribution < -0.4 is 5.32 Å². The summed E-state index contributed by atoms with van der Waals surface area (Å²) in [6.45, 7) is 1.73. The van der Waals surface area contributed by atoms with Gasteiger partial charge in [0.1, 0.15) is 0 Å². The zero-order valence-corrected chi connectivity index (χ0v) is 17.4. The third-order valence-corrected chi connectivity index (χ3v) is 5.08. The molecule has 8 nitrogen and oxygen atoms in total. The van der Waals surface area contributed by atoms with E-state index in [-0.39, 0.29) is 23.9 Å². The Bertz CT molecular complexity index is 1140. The van der Waals surface area contributed by atoms with Crippen molar-refractivity contribution in [3.63, 3.8) is 0 Å². The standard InChI is InChI=1S/C23H23N5O3/c1-26(2)10-11-27-15-18(13-24-27)25-21(29)17-8-9-19-20(12-17)23(31)28(22(19)30)14-16-6-4-3-5-7-16/h3-9,12-13,15H,10-11,14H2,1-2H3,(H,25,29). The van der Waals surface area contributed by atoms with Gasteiger partial charge in [0.05, 0.1) is 36.1 Å². The van der Waals surface area contributed by atoms with Crippen molar-refractivity contribution in [2.45, 2.75) is 13.1 Å². The summed E-state index contributed by atoms with van der Waals surface area (Å²) in [6, 6.07) is 13.9. The summed E-state index contributed by atoms with van der Waals surface area (Å²) in [5.41, 5.74) is 2.30. The van der Waals surface area contributed by atoms with Gasteiger partial charge in [-0.05, 0) is 37.9 Å². The predicted molar refractivity (Wildman–Crippen MR) is 116 cm³/mol. The molecule has 2 heterocycles. The van der Waals surface area contributed by atoms with Gasteiger partial charge in [-0.25, -0.2) is 0 Å². The summed E-state index contributed by atoms with van der Waals surface area (Å²) in [4.78, 5) is 41.5. The number of fused-ring (bicyclic) bond motifs is 1. The number of rotatable bonds is 7. The van der Waals surface area contributed by atoms with Crippen molar-refractivity contribution < 1.29 is 14.4 Å². The number of nitrogens with one attached hydrogen (secondary N) is 1. The fraction of sp³-hybridized carbons (Fsp3) is 0.217. The second kappa shape index (κ2) is 8.53. The van der Waals surface area contributed by atoms with Gasteiger partial charge in [-0.1, -0.05) is 30.3 Å². The van der Waals surface area contributed by atoms with Crippen LogP contribution in [0.15, 0.2) is 60.9 Å². The van der Waals surface area contributed by atoms with E-state index in [0.29, 0.717) is 23.4 Å². The first-order valence-corrected chi connectivity index (χ1v) is 9.95. The Morgan fingerprint density at radius 1 is 1.03 bits per heavy atom. The topological polar surface area (TPSA) is 87.5 Å². The van der Waals surface area contributed by atoms with Crippen LogP contribution in [0, 0.1) is 0 Å². The van der Waals surface area contributed by atoms with Crippen molar-refractivity contribution in [3.05, 3.63) is 83.2 Å². The molecule has 0 fully saturated rings. The lowest BCUT2D eigenvalue weighted by Crippen LogP contribution is -2.29. The van der Waals surface area contributed by atoms with Gasteiger partial charge in [-0.3, -0.25) is 24.0 Å². The second-order valence-corrected chi connectivity index (χ2v) is 7.69. The Hall–Kier alpha value is -3.78. The molecule has 3 aromatic rings. The van der Waals surface area contributed by atoms with Crippen LogP contribution in [0.25, 0.3) is 0 Å². The third kappa shape index (κ3) is 4.39. The summed E-state index contributed by atoms with van der Waals surface area (Å²) < 4.78 is 1.75. The molecule has 31 heavy (non-hydrogen) atoms. The number of carbonyl (C=O) groups excluding carboxylic acids is 3. The average molecular weight is 417 g/mol. The third-order valence-electron chi connectivity index (χ3n) is 5.08. The van der Waals surface area contributed by atoms with Crippen molar-refractivity contribution in [1.29, 1.82) is 0 Å². The largest absolute Gasteiger partial charge is 0.319 e. The fourth-order valence-electron chi connectivity index (χ4n) is 3.40. The van der Waals surface area contributed by atoms with Gasteiger partial charge >= 0.3 is 0 Å². The number of anilines is 1. The molecule has 0 aliphatic carbocycles. The molecule has 3 amide bonds. The molecular weight excluding hydrogens is 394 g/mol. The Kier molecular flexibility index (Phi) is 5.64. The van der Waals surface area contributed by atoms with Crippen molar-refractivity contribution in [2.75, 3.05) is 26.0 Å². The number of imide groups is 1. The lowest BCUT2D eigenvalue weighted by Gasteiger charge is -2.13. The second-order valence-electron chi connectivity index (χ2n) is 7.69. The fourth-order valence-corrected chi connectivity index (χ4v) is 3.40. The van der Waals surface area contributed by atoms with Crippen LogP contribution in [0.4, 0.5) is 5.69 Å². The van der Waals surface area contributed by atoms with E-state index in [0.717, 1.165) is 12.1 Å². The highest BCUT2D eigenvalue weighted by Gasteiger charge is 2.36. The molecule has 0 spiro atoms. The van der Waals surface area contributed by atoms with E-state index in [9.17, 15) is 14.4 Å². The normalized spacial score (nSPS) is 13.1. The number of carbonyl (C=O) groups is 3. The molecule has 0 radical (unpaired) electrons. The van der Waals surface area contributed by atoms with E-state index in [1.807, 2.05) is 49.3 Å². The van der Waals surface area contributed by atoms with Crippen LogP contribution in [0.2, 0.25) is 0 Å². The van der Waals surface area contributed by atoms with E-state index >= 15 is 0 Å². The molecule has 1 aliphatic rings. The number of likely N-dealkylation sites (N-methyl/N-ethyl adjacent to an activating group) is 1. The molecular formula is C23H23N5O3. The van der Waals surface area contributed by atoms with E-state index in [2.05, 4.69) is 10.4 Å². The maximum atomic E-state index is 12.8. The van der Waals surface area contributed by atoms with Crippen molar-refractivity contribution >= 4 is 23.4 Å². The van der Waals surface area contributed by atoms with Crippen LogP contribution in [0.3, 0.4) is 0 Å². The van der Waals surface area contributed by atoms with Crippen LogP contribution in [-0.4, -0.2) is 57.9 Å². The smallest absolute Gasteiger partial charge is 0.261 e. The molecule has 0 bridgehead atoms. The first-order chi connectivity index (χ1) is 14.9. The summed E-state index contributed by atoms with van der Waals surface area (Å²) in [5.74, 6) is -1.11. The van der Waals surface area contributed by atoms with Crippen molar-refractivity contribution in [3.8, 4) is 0 Å². The van der Waals surface area contributed by atoms with Gasteiger partial charge in [0.25, 0.3) is 17.7 Å². The SMILES string of the molecule is CN(C)CCn1cc(NC(=O)c2ccc3c(c2)C(=O)N(Cc2ccccc2)C3=O)cn1. The first-order valence-electron chi connectivity index (χ1n) is 9.95. The van der Waals surface area contributed by atoms with Crippen LogP contribution >= 0.6 is 0 Å². The van der Waals surface area contributed by atoms with E-state index in [4.69, 9.17) is 0 Å². The monoisotopic (exact) mass is 417 g/mol. The van der Waals surface area contributed by atoms with E-state index < -0.39 is 5.91 Å². The van der Waals surface area contributed by atoms with Gasteiger partial charge in [0.2, 0.25) is 0 Å². The molecule has 1 aromatic heterocycles. The quantitative estimate of drug-likeness (QED) is 0.597. The summed E-state index contributed by atoms with van der Waals surface area (Å²) in [5, 5.41) is 7.02. The number of hydrogen-bond acceptors (Lipinski definition) is 5. The molecule has 0 saturated heterocycles. The number of hydrogen-bond donors (Lipinski definition) is 1. The van der Waals surface area contributed by atoms with Gasteiger partial charge in [0.15, 0.2) is 0 Å². The Morgan fingerprint density at radius 2 is 1.77 bits per heavy atom. The molecule has 1 N–H and O–H groups in total. The zero-order valence-electron chi connectivity index (χ0n) is 17.4. The van der Waals surface area contributed by atoms with Crippen molar-refractivity contribution in [2.24, 2.45) is 0 Å². The lowest BCUT2D eigenvalue weighted by atomic mass is 10.1.